The summed E-state index contributed by atoms with van der Waals surface area (Å²) in [6.07, 6.45) is 4.35. The molecule has 1 N–H and O–H groups in total. The summed E-state index contributed by atoms with van der Waals surface area (Å²) in [7, 11) is 1.44. The first kappa shape index (κ1) is 17.5. The Hall–Kier alpha value is -2.36. The predicted molar refractivity (Wildman–Crippen MR) is 98.1 cm³/mol. The van der Waals surface area contributed by atoms with E-state index in [1.165, 1.54) is 7.11 Å². The Morgan fingerprint density at radius 3 is 2.68 bits per heavy atom. The third kappa shape index (κ3) is 4.19. The lowest BCUT2D eigenvalue weighted by Crippen LogP contribution is -2.38. The van der Waals surface area contributed by atoms with E-state index in [0.717, 1.165) is 42.0 Å². The van der Waals surface area contributed by atoms with Gasteiger partial charge in [-0.25, -0.2) is 0 Å². The zero-order valence-electron chi connectivity index (χ0n) is 14.7. The first-order valence-corrected chi connectivity index (χ1v) is 9.00. The molecule has 0 spiro atoms. The fraction of sp³-hybridized carbons (Fsp3) is 0.429. The smallest absolute Gasteiger partial charge is 0.309 e. The molecule has 4 heteroatoms. The van der Waals surface area contributed by atoms with Crippen LogP contribution in [-0.4, -0.2) is 25.5 Å². The van der Waals surface area contributed by atoms with Gasteiger partial charge in [0.2, 0.25) is 5.91 Å². The molecule has 1 saturated carbocycles. The van der Waals surface area contributed by atoms with Crippen LogP contribution in [0, 0.1) is 11.8 Å². The molecule has 2 unspecified atom stereocenters. The van der Waals surface area contributed by atoms with Crippen molar-refractivity contribution in [3.05, 3.63) is 48.0 Å². The Labute approximate surface area is 148 Å². The lowest BCUT2D eigenvalue weighted by molar-refractivity contribution is -0.148. The molecule has 0 aliphatic heterocycles. The maximum Gasteiger partial charge on any atom is 0.309 e. The molecular weight excluding hydrogens is 314 g/mol. The largest absolute Gasteiger partial charge is 0.469 e. The number of carbonyl (C=O) groups is 2. The Bertz CT molecular complexity index is 750. The number of methoxy groups -OCH3 is 1. The highest BCUT2D eigenvalue weighted by Gasteiger charge is 2.31. The summed E-state index contributed by atoms with van der Waals surface area (Å²) in [6, 6.07) is 14.1. The number of hydrogen-bond acceptors (Lipinski definition) is 3. The lowest BCUT2D eigenvalue weighted by Gasteiger charge is -2.29. The van der Waals surface area contributed by atoms with Crippen LogP contribution in [0.1, 0.15) is 31.2 Å². The van der Waals surface area contributed by atoms with E-state index in [1.54, 1.807) is 0 Å². The minimum Gasteiger partial charge on any atom is -0.469 e. The van der Waals surface area contributed by atoms with Gasteiger partial charge in [0.25, 0.3) is 0 Å². The molecule has 2 aromatic carbocycles. The fourth-order valence-corrected chi connectivity index (χ4v) is 3.84. The molecule has 2 aromatic rings. The van der Waals surface area contributed by atoms with E-state index in [2.05, 4.69) is 17.4 Å². The minimum atomic E-state index is -0.145. The summed E-state index contributed by atoms with van der Waals surface area (Å²) in [6.45, 7) is 0.545. The van der Waals surface area contributed by atoms with Crippen LogP contribution < -0.4 is 5.32 Å². The standard InChI is InChI=1S/C21H25NO3/c1-25-21(24)19-12-5-3-8-17(19)14-22-20(23)13-16-10-6-9-15-7-2-4-11-18(15)16/h2,4,6-7,9-11,17,19H,3,5,8,12-14H2,1H3,(H,22,23). The van der Waals surface area contributed by atoms with Crippen LogP contribution in [0.25, 0.3) is 10.8 Å². The fourth-order valence-electron chi connectivity index (χ4n) is 3.84. The first-order chi connectivity index (χ1) is 12.2. The lowest BCUT2D eigenvalue weighted by atomic mass is 9.79. The zero-order valence-corrected chi connectivity index (χ0v) is 14.7. The number of rotatable bonds is 5. The summed E-state index contributed by atoms with van der Waals surface area (Å²) in [4.78, 5) is 24.3. The highest BCUT2D eigenvalue weighted by molar-refractivity contribution is 5.90. The number of esters is 1. The molecule has 0 saturated heterocycles. The van der Waals surface area contributed by atoms with Crippen LogP contribution in [-0.2, 0) is 20.7 Å². The SMILES string of the molecule is COC(=O)C1CCCCC1CNC(=O)Cc1cccc2ccccc12. The maximum atomic E-state index is 12.4. The van der Waals surface area contributed by atoms with Gasteiger partial charge in [-0.3, -0.25) is 9.59 Å². The van der Waals surface area contributed by atoms with E-state index in [4.69, 9.17) is 4.74 Å². The average molecular weight is 339 g/mol. The third-order valence-electron chi connectivity index (χ3n) is 5.21. The third-order valence-corrected chi connectivity index (χ3v) is 5.21. The molecule has 1 fully saturated rings. The summed E-state index contributed by atoms with van der Waals surface area (Å²) in [5.74, 6) is -0.0483. The van der Waals surface area contributed by atoms with E-state index >= 15 is 0 Å². The highest BCUT2D eigenvalue weighted by atomic mass is 16.5. The topological polar surface area (TPSA) is 55.4 Å². The van der Waals surface area contributed by atoms with E-state index in [0.29, 0.717) is 13.0 Å². The molecule has 1 aliphatic rings. The Morgan fingerprint density at radius 1 is 1.08 bits per heavy atom. The monoisotopic (exact) mass is 339 g/mol. The number of ether oxygens (including phenoxy) is 1. The van der Waals surface area contributed by atoms with Gasteiger partial charge in [-0.15, -0.1) is 0 Å². The van der Waals surface area contributed by atoms with E-state index in [-0.39, 0.29) is 23.7 Å². The van der Waals surface area contributed by atoms with Crippen LogP contribution in [0.15, 0.2) is 42.5 Å². The molecule has 132 valence electrons. The summed E-state index contributed by atoms with van der Waals surface area (Å²) >= 11 is 0. The molecule has 1 amide bonds. The highest BCUT2D eigenvalue weighted by Crippen LogP contribution is 2.30. The van der Waals surface area contributed by atoms with Crippen molar-refractivity contribution in [2.45, 2.75) is 32.1 Å². The maximum absolute atomic E-state index is 12.4. The van der Waals surface area contributed by atoms with Crippen molar-refractivity contribution >= 4 is 22.6 Å². The molecule has 3 rings (SSSR count). The van der Waals surface area contributed by atoms with Gasteiger partial charge >= 0.3 is 5.97 Å². The van der Waals surface area contributed by atoms with Gasteiger partial charge < -0.3 is 10.1 Å². The number of nitrogens with one attached hydrogen (secondary N) is 1. The van der Waals surface area contributed by atoms with Crippen molar-refractivity contribution in [1.29, 1.82) is 0 Å². The van der Waals surface area contributed by atoms with Crippen LogP contribution in [0.4, 0.5) is 0 Å². The second-order valence-corrected chi connectivity index (χ2v) is 6.79. The molecule has 0 heterocycles. The van der Waals surface area contributed by atoms with Gasteiger partial charge in [0.15, 0.2) is 0 Å². The molecular formula is C21H25NO3. The molecule has 2 atom stereocenters. The van der Waals surface area contributed by atoms with Gasteiger partial charge in [-0.05, 0) is 35.1 Å². The van der Waals surface area contributed by atoms with Crippen LogP contribution in [0.2, 0.25) is 0 Å². The second kappa shape index (κ2) is 8.15. The molecule has 0 bridgehead atoms. The second-order valence-electron chi connectivity index (χ2n) is 6.79. The number of fused-ring (bicyclic) bond motifs is 1. The average Bonchev–Trinajstić information content (AvgIpc) is 2.66. The van der Waals surface area contributed by atoms with E-state index in [9.17, 15) is 9.59 Å². The number of benzene rings is 2. The minimum absolute atomic E-state index is 0.00513. The summed E-state index contributed by atoms with van der Waals surface area (Å²) in [5, 5.41) is 5.29. The number of hydrogen-bond donors (Lipinski definition) is 1. The van der Waals surface area contributed by atoms with Crippen molar-refractivity contribution < 1.29 is 14.3 Å². The van der Waals surface area contributed by atoms with Crippen LogP contribution in [0.5, 0.6) is 0 Å². The van der Waals surface area contributed by atoms with Gasteiger partial charge in [-0.1, -0.05) is 55.3 Å². The van der Waals surface area contributed by atoms with Gasteiger partial charge in [0, 0.05) is 6.54 Å². The van der Waals surface area contributed by atoms with Crippen molar-refractivity contribution in [1.82, 2.24) is 5.32 Å². The normalized spacial score (nSPS) is 20.2. The van der Waals surface area contributed by atoms with Crippen LogP contribution in [0.3, 0.4) is 0 Å². The van der Waals surface area contributed by atoms with Crippen LogP contribution >= 0.6 is 0 Å². The Balaban J connectivity index is 1.61. The summed E-state index contributed by atoms with van der Waals surface area (Å²) in [5.41, 5.74) is 1.03. The van der Waals surface area contributed by atoms with Crippen molar-refractivity contribution in [2.75, 3.05) is 13.7 Å². The van der Waals surface area contributed by atoms with Gasteiger partial charge in [0.05, 0.1) is 19.4 Å². The zero-order chi connectivity index (χ0) is 17.6. The van der Waals surface area contributed by atoms with Gasteiger partial charge in [0.1, 0.15) is 0 Å². The van der Waals surface area contributed by atoms with Crippen molar-refractivity contribution in [2.24, 2.45) is 11.8 Å². The number of carbonyl (C=O) groups excluding carboxylic acids is 2. The molecule has 0 aromatic heterocycles. The van der Waals surface area contributed by atoms with Gasteiger partial charge in [-0.2, -0.15) is 0 Å². The Morgan fingerprint density at radius 2 is 1.84 bits per heavy atom. The van der Waals surface area contributed by atoms with E-state index in [1.807, 2.05) is 30.3 Å². The Kier molecular flexibility index (Phi) is 5.69. The predicted octanol–water partition coefficient (Wildman–Crippen LogP) is 3.48. The number of amides is 1. The van der Waals surface area contributed by atoms with E-state index < -0.39 is 0 Å². The quantitative estimate of drug-likeness (QED) is 0.849. The molecule has 1 aliphatic carbocycles. The molecule has 4 nitrogen and oxygen atoms in total. The molecule has 0 radical (unpaired) electrons. The first-order valence-electron chi connectivity index (χ1n) is 9.00. The molecule has 25 heavy (non-hydrogen) atoms. The van der Waals surface area contributed by atoms with Crippen molar-refractivity contribution in [3.8, 4) is 0 Å². The summed E-state index contributed by atoms with van der Waals surface area (Å²) < 4.78 is 4.92. The van der Waals surface area contributed by atoms with Crippen molar-refractivity contribution in [3.63, 3.8) is 0 Å².